The summed E-state index contributed by atoms with van der Waals surface area (Å²) in [6.07, 6.45) is 7.55. The first-order valence-corrected chi connectivity index (χ1v) is 12.1. The zero-order chi connectivity index (χ0) is 21.0. The van der Waals surface area contributed by atoms with Crippen molar-refractivity contribution < 1.29 is 9.53 Å². The zero-order valence-electron chi connectivity index (χ0n) is 19.7. The molecule has 3 rings (SSSR count). The van der Waals surface area contributed by atoms with Gasteiger partial charge in [-0.1, -0.05) is 0 Å². The van der Waals surface area contributed by atoms with Gasteiger partial charge in [0.15, 0.2) is 0 Å². The molecule has 0 aromatic heterocycles. The number of hydrogen-bond donors (Lipinski definition) is 0. The van der Waals surface area contributed by atoms with Crippen LogP contribution in [-0.4, -0.2) is 84.2 Å². The third kappa shape index (κ3) is 6.67. The number of rotatable bonds is 5. The van der Waals surface area contributed by atoms with Crippen molar-refractivity contribution in [3.05, 3.63) is 0 Å². The molecule has 0 atom stereocenters. The molecule has 3 heterocycles. The van der Waals surface area contributed by atoms with E-state index in [9.17, 15) is 4.79 Å². The van der Waals surface area contributed by atoms with Crippen molar-refractivity contribution in [2.24, 2.45) is 11.8 Å². The first-order valence-electron chi connectivity index (χ1n) is 12.1. The van der Waals surface area contributed by atoms with Crippen LogP contribution in [0.2, 0.25) is 0 Å². The minimum atomic E-state index is 0.224. The number of carbonyl (C=O) groups is 1. The number of nitrogens with zero attached hydrogens (tertiary/aromatic N) is 3. The number of carbonyl (C=O) groups excluding carboxylic acids is 1. The minimum absolute atomic E-state index is 0.224. The van der Waals surface area contributed by atoms with Crippen molar-refractivity contribution in [2.75, 3.05) is 45.8 Å². The Morgan fingerprint density at radius 3 is 2.00 bits per heavy atom. The van der Waals surface area contributed by atoms with Gasteiger partial charge in [0.1, 0.15) is 0 Å². The van der Waals surface area contributed by atoms with Crippen LogP contribution in [0.15, 0.2) is 0 Å². The highest BCUT2D eigenvalue weighted by atomic mass is 16.5. The van der Waals surface area contributed by atoms with Crippen LogP contribution in [0.3, 0.4) is 0 Å². The summed E-state index contributed by atoms with van der Waals surface area (Å²) in [7, 11) is 0. The van der Waals surface area contributed by atoms with E-state index in [1.807, 2.05) is 0 Å². The van der Waals surface area contributed by atoms with Crippen LogP contribution in [-0.2, 0) is 9.53 Å². The van der Waals surface area contributed by atoms with Crippen molar-refractivity contribution in [2.45, 2.75) is 90.9 Å². The van der Waals surface area contributed by atoms with E-state index in [0.717, 1.165) is 44.9 Å². The van der Waals surface area contributed by atoms with E-state index in [0.29, 0.717) is 18.1 Å². The highest BCUT2D eigenvalue weighted by Crippen LogP contribution is 2.28. The second kappa shape index (κ2) is 10.1. The van der Waals surface area contributed by atoms with Crippen LogP contribution >= 0.6 is 0 Å². The summed E-state index contributed by atoms with van der Waals surface area (Å²) in [5, 5.41) is 0. The molecule has 0 N–H and O–H groups in total. The number of likely N-dealkylation sites (tertiary alicyclic amines) is 3. The molecule has 3 fully saturated rings. The lowest BCUT2D eigenvalue weighted by Crippen LogP contribution is -2.50. The molecule has 0 aromatic carbocycles. The second-order valence-electron chi connectivity index (χ2n) is 10.9. The van der Waals surface area contributed by atoms with Gasteiger partial charge in [0, 0.05) is 44.2 Å². The molecule has 3 aliphatic rings. The molecule has 168 valence electrons. The topological polar surface area (TPSA) is 36.0 Å². The molecule has 0 aliphatic carbocycles. The smallest absolute Gasteiger partial charge is 0.225 e. The van der Waals surface area contributed by atoms with E-state index >= 15 is 0 Å². The van der Waals surface area contributed by atoms with Gasteiger partial charge in [-0.3, -0.25) is 9.69 Å². The maximum atomic E-state index is 13.0. The van der Waals surface area contributed by atoms with Crippen LogP contribution < -0.4 is 0 Å². The quantitative estimate of drug-likeness (QED) is 0.697. The summed E-state index contributed by atoms with van der Waals surface area (Å²) in [5.41, 5.74) is 0.224. The Balaban J connectivity index is 1.35. The fourth-order valence-corrected chi connectivity index (χ4v) is 5.37. The van der Waals surface area contributed by atoms with Crippen molar-refractivity contribution in [3.8, 4) is 0 Å². The summed E-state index contributed by atoms with van der Waals surface area (Å²) < 4.78 is 5.98. The molecule has 0 bridgehead atoms. The fraction of sp³-hybridized carbons (Fsp3) is 0.958. The third-order valence-corrected chi connectivity index (χ3v) is 7.23. The number of piperidine rings is 3. The predicted octanol–water partition coefficient (Wildman–Crippen LogP) is 3.62. The molecule has 0 unspecified atom stereocenters. The van der Waals surface area contributed by atoms with Gasteiger partial charge >= 0.3 is 0 Å². The van der Waals surface area contributed by atoms with Crippen molar-refractivity contribution in [1.82, 2.24) is 14.7 Å². The van der Waals surface area contributed by atoms with E-state index < -0.39 is 0 Å². The normalized spacial score (nSPS) is 25.1. The molecule has 5 nitrogen and oxygen atoms in total. The largest absolute Gasteiger partial charge is 0.375 e. The van der Waals surface area contributed by atoms with Crippen molar-refractivity contribution in [1.29, 1.82) is 0 Å². The monoisotopic (exact) mass is 407 g/mol. The maximum Gasteiger partial charge on any atom is 0.225 e. The molecule has 0 spiro atoms. The molecule has 0 aromatic rings. The average molecular weight is 408 g/mol. The van der Waals surface area contributed by atoms with Crippen LogP contribution in [0.25, 0.3) is 0 Å². The molecular weight excluding hydrogens is 362 g/mol. The molecule has 29 heavy (non-hydrogen) atoms. The van der Waals surface area contributed by atoms with E-state index in [2.05, 4.69) is 49.3 Å². The summed E-state index contributed by atoms with van der Waals surface area (Å²) in [5.74, 6) is 1.44. The molecule has 1 amide bonds. The Labute approximate surface area is 179 Å². The Kier molecular flexibility index (Phi) is 8.02. The zero-order valence-corrected chi connectivity index (χ0v) is 19.7. The predicted molar refractivity (Wildman–Crippen MR) is 119 cm³/mol. The van der Waals surface area contributed by atoms with E-state index in [1.165, 1.54) is 45.3 Å². The Hall–Kier alpha value is -0.650. The van der Waals surface area contributed by atoms with Gasteiger partial charge in [-0.25, -0.2) is 0 Å². The number of amides is 1. The van der Waals surface area contributed by atoms with Gasteiger partial charge < -0.3 is 14.5 Å². The maximum absolute atomic E-state index is 13.0. The molecule has 3 saturated heterocycles. The van der Waals surface area contributed by atoms with E-state index in [-0.39, 0.29) is 11.5 Å². The minimum Gasteiger partial charge on any atom is -0.375 e. The van der Waals surface area contributed by atoms with Crippen LogP contribution in [0.5, 0.6) is 0 Å². The highest BCUT2D eigenvalue weighted by Gasteiger charge is 2.34. The van der Waals surface area contributed by atoms with Gasteiger partial charge in [-0.2, -0.15) is 0 Å². The van der Waals surface area contributed by atoms with Crippen molar-refractivity contribution in [3.63, 3.8) is 0 Å². The van der Waals surface area contributed by atoms with Crippen molar-refractivity contribution >= 4 is 5.91 Å². The van der Waals surface area contributed by atoms with Crippen LogP contribution in [0.4, 0.5) is 0 Å². The van der Waals surface area contributed by atoms with Gasteiger partial charge in [0.25, 0.3) is 0 Å². The second-order valence-corrected chi connectivity index (χ2v) is 10.9. The summed E-state index contributed by atoms with van der Waals surface area (Å²) in [6.45, 7) is 18.7. The summed E-state index contributed by atoms with van der Waals surface area (Å²) in [4.78, 5) is 20.3. The standard InChI is InChI=1S/C24H45N3O2/c1-19(2)29-22-10-12-25(13-11-22)18-20-6-14-26(15-7-20)23(28)21-8-16-27(17-9-21)24(3,4)5/h19-22H,6-18H2,1-5H3. The Morgan fingerprint density at radius 1 is 0.897 bits per heavy atom. The number of ether oxygens (including phenoxy) is 1. The first-order chi connectivity index (χ1) is 13.7. The van der Waals surface area contributed by atoms with Crippen LogP contribution in [0, 0.1) is 11.8 Å². The molecule has 0 saturated carbocycles. The fourth-order valence-electron chi connectivity index (χ4n) is 5.37. The van der Waals surface area contributed by atoms with Gasteiger partial charge in [0.2, 0.25) is 5.91 Å². The lowest BCUT2D eigenvalue weighted by Gasteiger charge is -2.42. The van der Waals surface area contributed by atoms with Crippen LogP contribution in [0.1, 0.15) is 73.1 Å². The Morgan fingerprint density at radius 2 is 1.48 bits per heavy atom. The lowest BCUT2D eigenvalue weighted by atomic mass is 9.90. The Bertz CT molecular complexity index is 507. The SMILES string of the molecule is CC(C)OC1CCN(CC2CCN(C(=O)C3CCN(C(C)(C)C)CC3)CC2)CC1. The summed E-state index contributed by atoms with van der Waals surface area (Å²) >= 11 is 0. The van der Waals surface area contributed by atoms with Gasteiger partial charge in [-0.15, -0.1) is 0 Å². The molecule has 5 heteroatoms. The lowest BCUT2D eigenvalue weighted by molar-refractivity contribution is -0.139. The molecule has 3 aliphatic heterocycles. The number of hydrogen-bond acceptors (Lipinski definition) is 4. The van der Waals surface area contributed by atoms with E-state index in [4.69, 9.17) is 4.74 Å². The third-order valence-electron chi connectivity index (χ3n) is 7.23. The van der Waals surface area contributed by atoms with E-state index in [1.54, 1.807) is 0 Å². The molecular formula is C24H45N3O2. The molecule has 0 radical (unpaired) electrons. The van der Waals surface area contributed by atoms with Gasteiger partial charge in [-0.05, 0) is 92.2 Å². The summed E-state index contributed by atoms with van der Waals surface area (Å²) in [6, 6.07) is 0. The first kappa shape index (κ1) is 23.0. The highest BCUT2D eigenvalue weighted by molar-refractivity contribution is 5.79. The van der Waals surface area contributed by atoms with Gasteiger partial charge in [0.05, 0.1) is 12.2 Å². The average Bonchev–Trinajstić information content (AvgIpc) is 2.69.